The van der Waals surface area contributed by atoms with Crippen LogP contribution in [0.3, 0.4) is 0 Å². The molecule has 0 aliphatic carbocycles. The second-order valence-electron chi connectivity index (χ2n) is 6.33. The smallest absolute Gasteiger partial charge is 0.263 e. The van der Waals surface area contributed by atoms with Crippen LogP contribution in [-0.4, -0.2) is 26.5 Å². The molecule has 1 amide bonds. The van der Waals surface area contributed by atoms with Crippen LogP contribution in [0.15, 0.2) is 53.7 Å². The largest absolute Gasteiger partial charge is 0.308 e. The molecule has 6 heteroatoms. The summed E-state index contributed by atoms with van der Waals surface area (Å²) in [5.74, 6) is -0.105. The molecule has 0 bridgehead atoms. The fraction of sp³-hybridized carbons (Fsp3) is 0.263. The average Bonchev–Trinajstić information content (AvgIpc) is 2.64. The van der Waals surface area contributed by atoms with E-state index in [1.165, 1.54) is 16.5 Å². The van der Waals surface area contributed by atoms with E-state index in [-0.39, 0.29) is 24.1 Å². The lowest BCUT2D eigenvalue weighted by Crippen LogP contribution is -2.44. The molecule has 0 unspecified atom stereocenters. The van der Waals surface area contributed by atoms with Gasteiger partial charge in [-0.1, -0.05) is 18.2 Å². The van der Waals surface area contributed by atoms with E-state index in [1.807, 2.05) is 25.1 Å². The van der Waals surface area contributed by atoms with Crippen molar-refractivity contribution in [2.45, 2.75) is 32.4 Å². The van der Waals surface area contributed by atoms with Gasteiger partial charge in [0.1, 0.15) is 12.9 Å². The van der Waals surface area contributed by atoms with E-state index >= 15 is 0 Å². The van der Waals surface area contributed by atoms with Crippen LogP contribution in [0.25, 0.3) is 11.0 Å². The molecular formula is C19H18N4O2. The Kier molecular flexibility index (Phi) is 3.80. The number of pyridine rings is 1. The van der Waals surface area contributed by atoms with Crippen molar-refractivity contribution in [2.24, 2.45) is 0 Å². The first-order valence-electron chi connectivity index (χ1n) is 8.35. The number of carbonyl (C=O) groups excluding carboxylic acids is 1. The summed E-state index contributed by atoms with van der Waals surface area (Å²) >= 11 is 0. The van der Waals surface area contributed by atoms with E-state index in [1.54, 1.807) is 23.2 Å². The predicted octanol–water partition coefficient (Wildman–Crippen LogP) is 2.16. The van der Waals surface area contributed by atoms with Gasteiger partial charge < -0.3 is 4.90 Å². The van der Waals surface area contributed by atoms with E-state index < -0.39 is 0 Å². The topological polar surface area (TPSA) is 68.1 Å². The quantitative estimate of drug-likeness (QED) is 0.720. The van der Waals surface area contributed by atoms with E-state index in [0.29, 0.717) is 11.0 Å². The van der Waals surface area contributed by atoms with Crippen molar-refractivity contribution in [1.29, 1.82) is 0 Å². The normalized spacial score (nSPS) is 16.7. The Morgan fingerprint density at radius 3 is 2.92 bits per heavy atom. The molecular weight excluding hydrogens is 316 g/mol. The Hall–Kier alpha value is -3.02. The maximum Gasteiger partial charge on any atom is 0.263 e. The number of para-hydroxylation sites is 1. The summed E-state index contributed by atoms with van der Waals surface area (Å²) < 4.78 is 1.36. The van der Waals surface area contributed by atoms with E-state index in [0.717, 1.165) is 18.5 Å². The van der Waals surface area contributed by atoms with Crippen molar-refractivity contribution in [1.82, 2.24) is 14.5 Å². The number of carbonyl (C=O) groups is 1. The highest BCUT2D eigenvalue weighted by Crippen LogP contribution is 2.30. The molecule has 4 rings (SSSR count). The Morgan fingerprint density at radius 2 is 2.04 bits per heavy atom. The van der Waals surface area contributed by atoms with Crippen molar-refractivity contribution in [3.8, 4) is 0 Å². The van der Waals surface area contributed by atoms with Gasteiger partial charge in [-0.15, -0.1) is 0 Å². The van der Waals surface area contributed by atoms with Gasteiger partial charge in [-0.25, -0.2) is 9.97 Å². The Labute approximate surface area is 144 Å². The van der Waals surface area contributed by atoms with Crippen LogP contribution in [0.2, 0.25) is 0 Å². The van der Waals surface area contributed by atoms with Crippen LogP contribution in [0.5, 0.6) is 0 Å². The molecule has 0 fully saturated rings. The van der Waals surface area contributed by atoms with Gasteiger partial charge in [0.25, 0.3) is 5.56 Å². The molecule has 3 aromatic rings. The highest BCUT2D eigenvalue weighted by atomic mass is 16.2. The molecule has 0 radical (unpaired) electrons. The molecule has 0 saturated carbocycles. The first kappa shape index (κ1) is 15.5. The number of nitrogens with zero attached hydrogens (tertiary/aromatic N) is 4. The lowest BCUT2D eigenvalue weighted by atomic mass is 9.96. The van der Waals surface area contributed by atoms with Crippen LogP contribution in [0.1, 0.15) is 18.9 Å². The second-order valence-corrected chi connectivity index (χ2v) is 6.33. The summed E-state index contributed by atoms with van der Waals surface area (Å²) in [5, 5.41) is 0.421. The number of fused-ring (bicyclic) bond motifs is 2. The van der Waals surface area contributed by atoms with Gasteiger partial charge in [-0.05, 0) is 43.5 Å². The number of aryl methyl sites for hydroxylation is 1. The number of benzene rings is 1. The van der Waals surface area contributed by atoms with Crippen LogP contribution < -0.4 is 10.5 Å². The third kappa shape index (κ3) is 2.69. The van der Waals surface area contributed by atoms with Crippen LogP contribution in [0, 0.1) is 0 Å². The Morgan fingerprint density at radius 1 is 1.20 bits per heavy atom. The molecule has 126 valence electrons. The third-order valence-corrected chi connectivity index (χ3v) is 4.70. The molecule has 1 aliphatic rings. The molecule has 1 atom stereocenters. The number of aromatic nitrogens is 3. The summed E-state index contributed by atoms with van der Waals surface area (Å²) in [5.41, 5.74) is 2.26. The molecule has 0 saturated heterocycles. The summed E-state index contributed by atoms with van der Waals surface area (Å²) in [6.07, 6.45) is 4.87. The van der Waals surface area contributed by atoms with E-state index in [9.17, 15) is 9.59 Å². The summed E-state index contributed by atoms with van der Waals surface area (Å²) in [6.45, 7) is 2.01. The standard InChI is InChI=1S/C19H18N4O2/c1-13-8-9-14-5-2-3-7-16(14)23(13)17(24)11-22-12-21-18-15(19(22)25)6-4-10-20-18/h2-7,10,12-13H,8-9,11H2,1H3/t13-/m0/s1. The van der Waals surface area contributed by atoms with Crippen molar-refractivity contribution in [3.05, 3.63) is 64.8 Å². The van der Waals surface area contributed by atoms with Gasteiger partial charge in [0, 0.05) is 17.9 Å². The van der Waals surface area contributed by atoms with Gasteiger partial charge in [0.05, 0.1) is 5.39 Å². The maximum absolute atomic E-state index is 13.0. The molecule has 0 N–H and O–H groups in total. The minimum absolute atomic E-state index is 0.0324. The number of amides is 1. The number of hydrogen-bond acceptors (Lipinski definition) is 4. The molecule has 0 spiro atoms. The van der Waals surface area contributed by atoms with Crippen LogP contribution >= 0.6 is 0 Å². The van der Waals surface area contributed by atoms with Crippen molar-refractivity contribution >= 4 is 22.6 Å². The van der Waals surface area contributed by atoms with Gasteiger partial charge >= 0.3 is 0 Å². The minimum Gasteiger partial charge on any atom is -0.308 e. The van der Waals surface area contributed by atoms with Crippen LogP contribution in [-0.2, 0) is 17.8 Å². The Bertz CT molecular complexity index is 1010. The average molecular weight is 334 g/mol. The summed E-state index contributed by atoms with van der Waals surface area (Å²) in [4.78, 5) is 35.6. The van der Waals surface area contributed by atoms with Crippen LogP contribution in [0.4, 0.5) is 5.69 Å². The lowest BCUT2D eigenvalue weighted by Gasteiger charge is -2.35. The van der Waals surface area contributed by atoms with Gasteiger partial charge in [0.15, 0.2) is 5.65 Å². The van der Waals surface area contributed by atoms with Gasteiger partial charge in [0.2, 0.25) is 5.91 Å². The zero-order valence-corrected chi connectivity index (χ0v) is 13.9. The molecule has 1 aliphatic heterocycles. The van der Waals surface area contributed by atoms with Gasteiger partial charge in [-0.2, -0.15) is 0 Å². The molecule has 2 aromatic heterocycles. The number of anilines is 1. The highest BCUT2D eigenvalue weighted by Gasteiger charge is 2.28. The first-order valence-corrected chi connectivity index (χ1v) is 8.35. The number of hydrogen-bond donors (Lipinski definition) is 0. The minimum atomic E-state index is -0.246. The molecule has 3 heterocycles. The third-order valence-electron chi connectivity index (χ3n) is 4.70. The number of rotatable bonds is 2. The monoisotopic (exact) mass is 334 g/mol. The van der Waals surface area contributed by atoms with Crippen molar-refractivity contribution in [3.63, 3.8) is 0 Å². The molecule has 25 heavy (non-hydrogen) atoms. The lowest BCUT2D eigenvalue weighted by molar-refractivity contribution is -0.119. The van der Waals surface area contributed by atoms with Crippen molar-refractivity contribution in [2.75, 3.05) is 4.90 Å². The van der Waals surface area contributed by atoms with E-state index in [4.69, 9.17) is 0 Å². The second kappa shape index (κ2) is 6.12. The SMILES string of the molecule is C[C@H]1CCc2ccccc2N1C(=O)Cn1cnc2ncccc2c1=O. The summed E-state index contributed by atoms with van der Waals surface area (Å²) in [6, 6.07) is 11.4. The maximum atomic E-state index is 13.0. The zero-order chi connectivity index (χ0) is 17.4. The Balaban J connectivity index is 1.69. The fourth-order valence-electron chi connectivity index (χ4n) is 3.40. The highest BCUT2D eigenvalue weighted by molar-refractivity contribution is 5.95. The van der Waals surface area contributed by atoms with Gasteiger partial charge in [-0.3, -0.25) is 14.2 Å². The molecule has 6 nitrogen and oxygen atoms in total. The molecule has 1 aromatic carbocycles. The van der Waals surface area contributed by atoms with Crippen molar-refractivity contribution < 1.29 is 4.79 Å². The predicted molar refractivity (Wildman–Crippen MR) is 95.5 cm³/mol. The van der Waals surface area contributed by atoms with E-state index in [2.05, 4.69) is 16.0 Å². The summed E-state index contributed by atoms with van der Waals surface area (Å²) in [7, 11) is 0. The fourth-order valence-corrected chi connectivity index (χ4v) is 3.40. The first-order chi connectivity index (χ1) is 12.1. The zero-order valence-electron chi connectivity index (χ0n) is 13.9.